The lowest BCUT2D eigenvalue weighted by molar-refractivity contribution is 0.465. The van der Waals surface area contributed by atoms with Crippen LogP contribution in [0.1, 0.15) is 105 Å². The van der Waals surface area contributed by atoms with Crippen LogP contribution in [0, 0.1) is 0 Å². The molecule has 21 aromatic carbocycles. The van der Waals surface area contributed by atoms with E-state index in [0.29, 0.717) is 0 Å². The van der Waals surface area contributed by atoms with Crippen LogP contribution in [-0.2, 0) is 21.7 Å². The minimum atomic E-state index is -0.379. The number of ether oxygens (including phenoxy) is 2. The summed E-state index contributed by atoms with van der Waals surface area (Å²) >= 11 is 0. The summed E-state index contributed by atoms with van der Waals surface area (Å²) in [6, 6.07) is 174. The van der Waals surface area contributed by atoms with Gasteiger partial charge in [0.1, 0.15) is 23.0 Å². The van der Waals surface area contributed by atoms with Crippen LogP contribution in [0.25, 0.3) is 166 Å². The van der Waals surface area contributed by atoms with Crippen molar-refractivity contribution in [1.82, 2.24) is 9.13 Å². The Bertz CT molecular complexity index is 8860. The Hall–Kier alpha value is -17.5. The average molecular weight is 1930 g/mol. The highest BCUT2D eigenvalue weighted by molar-refractivity contribution is 7.00. The first-order valence-corrected chi connectivity index (χ1v) is 52.9. The number of hydrogen-bond acceptors (Lipinski definition) is 4. The van der Waals surface area contributed by atoms with Gasteiger partial charge in [-0.05, 0) is 305 Å². The molecule has 6 heterocycles. The smallest absolute Gasteiger partial charge is 0.260 e. The fraction of sp³-hybridized carbons (Fsp3) is 0.113. The third-order valence-corrected chi connectivity index (χ3v) is 32.1. The summed E-state index contributed by atoms with van der Waals surface area (Å²) < 4.78 is 21.1. The van der Waals surface area contributed by atoms with Gasteiger partial charge in [-0.25, -0.2) is 0 Å². The summed E-state index contributed by atoms with van der Waals surface area (Å²) in [5, 5.41) is 4.92. The van der Waals surface area contributed by atoms with Crippen LogP contribution in [0.15, 0.2) is 461 Å². The van der Waals surface area contributed by atoms with E-state index in [-0.39, 0.29) is 35.1 Å². The first-order chi connectivity index (χ1) is 72.9. The summed E-state index contributed by atoms with van der Waals surface area (Å²) in [7, 11) is 0. The standard InChI is InChI=1S/C142H112B2N4O2/c1-139(2,3)102-59-71-124-114(83-102)115-84-103(140(4,5)6)60-72-125(115)145(124)106-63-67-118-128(87-106)147(122-69-57-96(89-37-20-13-21-38-89)75-112(122)94-47-30-18-31-48-94)130-77-100(78-131-137(130)143(118)119-68-64-107(146-126-73-61-104(141(7,8)9)85-116(126)117-86-105(142(10,11)12)62-74-127(117)146)88-129(119)148(131)123-70-58-97(90-39-22-14-23-40-90)76-113(123)95-49-32-19-33-50-95)101-81-134-138-135(82-101)150-133-80-99(136-110(92-43-26-16-27-44-92)53-36-54-111(136)93-45-28-17-29-46-93)56-66-121(133)144(138)120-65-55-98(79-132(120)149-134)109-52-35-34-51-108(109)91-41-24-15-25-42-91/h13-88H,1-12H3. The van der Waals surface area contributed by atoms with Crippen LogP contribution < -0.4 is 52.1 Å². The average Bonchev–Trinajstić information content (AvgIpc) is 0.828. The zero-order valence-corrected chi connectivity index (χ0v) is 86.6. The molecule has 0 N–H and O–H groups in total. The molecular formula is C142H112B2N4O2. The van der Waals surface area contributed by atoms with E-state index in [1.54, 1.807) is 0 Å². The van der Waals surface area contributed by atoms with Gasteiger partial charge in [0, 0.05) is 72.3 Å². The molecule has 0 radical (unpaired) electrons. The van der Waals surface area contributed by atoms with Crippen molar-refractivity contribution in [3.63, 3.8) is 0 Å². The number of hydrogen-bond donors (Lipinski definition) is 0. The van der Waals surface area contributed by atoms with Crippen molar-refractivity contribution in [2.75, 3.05) is 9.80 Å². The van der Waals surface area contributed by atoms with Gasteiger partial charge in [-0.1, -0.05) is 411 Å². The normalized spacial score (nSPS) is 13.0. The molecule has 0 unspecified atom stereocenters. The third kappa shape index (κ3) is 15.4. The van der Waals surface area contributed by atoms with Crippen LogP contribution in [-0.4, -0.2) is 22.6 Å². The first kappa shape index (κ1) is 91.2. The van der Waals surface area contributed by atoms with E-state index >= 15 is 0 Å². The number of rotatable bonds is 14. The van der Waals surface area contributed by atoms with Gasteiger partial charge in [-0.2, -0.15) is 0 Å². The van der Waals surface area contributed by atoms with Crippen LogP contribution in [0.2, 0.25) is 0 Å². The lowest BCUT2D eigenvalue weighted by atomic mass is 9.33. The van der Waals surface area contributed by atoms with Gasteiger partial charge in [0.25, 0.3) is 13.4 Å². The van der Waals surface area contributed by atoms with Crippen LogP contribution in [0.4, 0.5) is 34.1 Å². The summed E-state index contributed by atoms with van der Waals surface area (Å²) in [4.78, 5) is 5.35. The largest absolute Gasteiger partial charge is 0.458 e. The molecule has 0 atom stereocenters. The van der Waals surface area contributed by atoms with Crippen molar-refractivity contribution in [3.8, 4) is 146 Å². The maximum Gasteiger partial charge on any atom is 0.260 e. The molecule has 2 aromatic heterocycles. The predicted octanol–water partition coefficient (Wildman–Crippen LogP) is 34.6. The monoisotopic (exact) mass is 1930 g/mol. The van der Waals surface area contributed by atoms with E-state index in [0.717, 1.165) is 224 Å². The molecule has 4 aliphatic heterocycles. The van der Waals surface area contributed by atoms with E-state index < -0.39 is 0 Å². The SMILES string of the molecule is CC(C)(C)c1ccc2c(c1)c1cc(C(C)(C)C)ccc1n2-c1ccc2c(c1)N(c1ccc(-c3ccccc3)cc1-c1ccccc1)c1cc(-c3cc4c5c(c3)Oc3cc(-c6c(-c7ccccc7)cccc6-c6ccccc6)ccc3B5c3ccc(-c5ccccc5-c5ccccc5)cc3O4)cc3c1B2c1ccc(-n2c4ccc(C(C)(C)C)cc4c4cc(C(C)(C)C)ccc42)cc1N3c1ccc(-c2ccccc2)cc1-c1ccccc1. The Labute approximate surface area is 879 Å². The number of aromatic nitrogens is 2. The van der Waals surface area contributed by atoms with E-state index in [1.807, 2.05) is 0 Å². The molecule has 6 nitrogen and oxygen atoms in total. The van der Waals surface area contributed by atoms with Gasteiger partial charge < -0.3 is 28.4 Å². The van der Waals surface area contributed by atoms with E-state index in [9.17, 15) is 0 Å². The molecule has 150 heavy (non-hydrogen) atoms. The molecular weight excluding hydrogens is 1820 g/mol. The van der Waals surface area contributed by atoms with Crippen molar-refractivity contribution in [2.24, 2.45) is 0 Å². The highest BCUT2D eigenvalue weighted by Crippen LogP contribution is 2.55. The van der Waals surface area contributed by atoms with Crippen molar-refractivity contribution in [3.05, 3.63) is 483 Å². The molecule has 4 aliphatic rings. The maximum atomic E-state index is 8.01. The lowest BCUT2D eigenvalue weighted by Gasteiger charge is -2.45. The Morgan fingerprint density at radius 3 is 0.847 bits per heavy atom. The van der Waals surface area contributed by atoms with Crippen molar-refractivity contribution < 1.29 is 9.47 Å². The predicted molar refractivity (Wildman–Crippen MR) is 636 cm³/mol. The van der Waals surface area contributed by atoms with Crippen LogP contribution in [0.3, 0.4) is 0 Å². The summed E-state index contributed by atoms with van der Waals surface area (Å²) in [5.41, 5.74) is 46.1. The van der Waals surface area contributed by atoms with E-state index in [4.69, 9.17) is 9.47 Å². The summed E-state index contributed by atoms with van der Waals surface area (Å²) in [5.74, 6) is 3.01. The first-order valence-electron chi connectivity index (χ1n) is 52.9. The fourth-order valence-electron chi connectivity index (χ4n) is 24.3. The molecule has 0 amide bonds. The Morgan fingerprint density at radius 2 is 0.473 bits per heavy atom. The van der Waals surface area contributed by atoms with Gasteiger partial charge in [0.2, 0.25) is 0 Å². The lowest BCUT2D eigenvalue weighted by Crippen LogP contribution is -2.61. The fourth-order valence-corrected chi connectivity index (χ4v) is 24.3. The van der Waals surface area contributed by atoms with Gasteiger partial charge in [-0.15, -0.1) is 0 Å². The van der Waals surface area contributed by atoms with Crippen molar-refractivity contribution in [2.45, 2.75) is 105 Å². The second-order valence-corrected chi connectivity index (χ2v) is 45.4. The minimum Gasteiger partial charge on any atom is -0.458 e. The number of nitrogens with zero attached hydrogens (tertiary/aromatic N) is 4. The van der Waals surface area contributed by atoms with Gasteiger partial charge >= 0.3 is 0 Å². The number of anilines is 6. The molecule has 0 spiro atoms. The summed E-state index contributed by atoms with van der Waals surface area (Å²) in [6.07, 6.45) is 0. The zero-order valence-electron chi connectivity index (χ0n) is 86.6. The van der Waals surface area contributed by atoms with E-state index in [1.165, 1.54) is 54.7 Å². The van der Waals surface area contributed by atoms with Crippen LogP contribution in [0.5, 0.6) is 23.0 Å². The van der Waals surface area contributed by atoms with Crippen molar-refractivity contribution >= 4 is 124 Å². The Kier molecular flexibility index (Phi) is 21.4. The highest BCUT2D eigenvalue weighted by Gasteiger charge is 2.47. The molecule has 0 saturated carbocycles. The molecule has 0 aliphatic carbocycles. The molecule has 8 heteroatoms. The quantitative estimate of drug-likeness (QED) is 0.102. The molecule has 27 rings (SSSR count). The van der Waals surface area contributed by atoms with Crippen LogP contribution >= 0.6 is 0 Å². The van der Waals surface area contributed by atoms with Crippen molar-refractivity contribution in [1.29, 1.82) is 0 Å². The second-order valence-electron chi connectivity index (χ2n) is 45.4. The molecule has 23 aromatic rings. The van der Waals surface area contributed by atoms with Gasteiger partial charge in [0.15, 0.2) is 0 Å². The highest BCUT2D eigenvalue weighted by atomic mass is 16.5. The van der Waals surface area contributed by atoms with Gasteiger partial charge in [-0.3, -0.25) is 0 Å². The molecule has 718 valence electrons. The zero-order chi connectivity index (χ0) is 101. The second kappa shape index (κ2) is 35.2. The van der Waals surface area contributed by atoms with Gasteiger partial charge in [0.05, 0.1) is 33.4 Å². The number of benzene rings is 21. The molecule has 0 saturated heterocycles. The van der Waals surface area contributed by atoms with E-state index in [2.05, 4.69) is 563 Å². The minimum absolute atomic E-state index is 0.116. The third-order valence-electron chi connectivity index (χ3n) is 32.1. The Balaban J connectivity index is 0.774. The Morgan fingerprint density at radius 1 is 0.180 bits per heavy atom. The number of fused-ring (bicyclic) bond motifs is 14. The summed E-state index contributed by atoms with van der Waals surface area (Å²) in [6.45, 7) is 27.3. The molecule has 0 bridgehead atoms. The molecule has 0 fully saturated rings. The topological polar surface area (TPSA) is 34.8 Å². The maximum absolute atomic E-state index is 8.01.